The molecule has 0 saturated heterocycles. The molecule has 0 bridgehead atoms. The fraction of sp³-hybridized carbons (Fsp3) is 0. The van der Waals surface area contributed by atoms with Gasteiger partial charge in [0, 0.05) is 5.69 Å². The zero-order valence-corrected chi connectivity index (χ0v) is 13.4. The van der Waals surface area contributed by atoms with Gasteiger partial charge >= 0.3 is 59.1 Å². The molecule has 1 aromatic carbocycles. The van der Waals surface area contributed by atoms with Gasteiger partial charge in [-0.1, -0.05) is 0 Å². The molecule has 0 unspecified atom stereocenters. The van der Waals surface area contributed by atoms with Crippen LogP contribution < -0.4 is 79.2 Å². The Morgan fingerprint density at radius 2 is 1.53 bits per heavy atom. The van der Waals surface area contributed by atoms with E-state index in [9.17, 15) is 14.4 Å². The molecule has 0 aliphatic carbocycles. The summed E-state index contributed by atoms with van der Waals surface area (Å²) < 4.78 is 14.1. The van der Waals surface area contributed by atoms with Gasteiger partial charge in [-0.15, -0.1) is 0 Å². The number of rotatable bonds is 2. The van der Waals surface area contributed by atoms with Crippen molar-refractivity contribution < 1.29 is 83.5 Å². The predicted molar refractivity (Wildman–Crippen MR) is 42.7 cm³/mol. The van der Waals surface area contributed by atoms with Gasteiger partial charge in [0.15, 0.2) is 0 Å². The van der Waals surface area contributed by atoms with Gasteiger partial charge in [0.2, 0.25) is 0 Å². The second-order valence-electron chi connectivity index (χ2n) is 2.11. The van der Waals surface area contributed by atoms with Crippen LogP contribution in [-0.4, -0.2) is 5.48 Å². The normalized spacial score (nSPS) is 8.93. The maximum atomic E-state index is 10.1. The molecule has 1 rings (SSSR count). The van der Waals surface area contributed by atoms with Gasteiger partial charge in [0.05, 0.1) is 0 Å². The van der Waals surface area contributed by atoms with Crippen LogP contribution in [0.4, 0.5) is 5.69 Å². The van der Waals surface area contributed by atoms with Crippen LogP contribution in [0.15, 0.2) is 24.3 Å². The molecule has 0 heterocycles. The molecule has 74 valence electrons. The molecule has 15 heavy (non-hydrogen) atoms. The molecule has 0 saturated carbocycles. The Labute approximate surface area is 131 Å². The summed E-state index contributed by atoms with van der Waals surface area (Å²) in [6.07, 6.45) is 0. The summed E-state index contributed by atoms with van der Waals surface area (Å²) in [5, 5.41) is 0. The summed E-state index contributed by atoms with van der Waals surface area (Å²) in [5.74, 6) is -0.0301. The van der Waals surface area contributed by atoms with Crippen LogP contribution in [0.1, 0.15) is 0 Å². The third kappa shape index (κ3) is 9.84. The molecule has 0 radical (unpaired) electrons. The maximum absolute atomic E-state index is 10.1. The van der Waals surface area contributed by atoms with Crippen molar-refractivity contribution in [2.24, 2.45) is 0 Å². The van der Waals surface area contributed by atoms with Gasteiger partial charge in [-0.2, -0.15) is 0 Å². The van der Waals surface area contributed by atoms with Crippen molar-refractivity contribution in [1.29, 1.82) is 0 Å². The largest absolute Gasteiger partial charge is 1.00 e. The summed E-state index contributed by atoms with van der Waals surface area (Å²) in [7, 11) is -4.94. The summed E-state index contributed by atoms with van der Waals surface area (Å²) in [4.78, 5) is 20.2. The smallest absolute Gasteiger partial charge is 0.780 e. The average molecular weight is 251 g/mol. The fourth-order valence-corrected chi connectivity index (χ4v) is 1.04. The Morgan fingerprint density at radius 1 is 1.13 bits per heavy atom. The minimum atomic E-state index is -4.94. The van der Waals surface area contributed by atoms with Crippen LogP contribution in [-0.2, 0) is 4.57 Å². The van der Waals surface area contributed by atoms with Crippen molar-refractivity contribution in [2.45, 2.75) is 0 Å². The van der Waals surface area contributed by atoms with E-state index in [2.05, 4.69) is 4.52 Å². The van der Waals surface area contributed by atoms with E-state index in [1.165, 1.54) is 24.3 Å². The van der Waals surface area contributed by atoms with Gasteiger partial charge < -0.3 is 30.1 Å². The van der Waals surface area contributed by atoms with Crippen molar-refractivity contribution in [3.05, 3.63) is 24.3 Å². The first-order valence-corrected chi connectivity index (χ1v) is 4.51. The summed E-state index contributed by atoms with van der Waals surface area (Å²) in [6, 6.07) is 5.48. The number of hydrogen-bond donors (Lipinski definition) is 1. The minimum Gasteiger partial charge on any atom is -0.780 e. The van der Waals surface area contributed by atoms with Crippen molar-refractivity contribution in [3.8, 4) is 5.75 Å². The molecule has 0 amide bonds. The van der Waals surface area contributed by atoms with E-state index in [-0.39, 0.29) is 70.3 Å². The molecule has 0 fully saturated rings. The topological polar surface area (TPSA) is 130 Å². The Kier molecular flexibility index (Phi) is 12.8. The molecule has 6 nitrogen and oxygen atoms in total. The third-order valence-corrected chi connectivity index (χ3v) is 1.53. The quantitative estimate of drug-likeness (QED) is 0.317. The Hall–Kier alpha value is 0.930. The standard InChI is InChI=1S/C6H8NO4P.2Na.H2O/c7-5-1-3-6(4-2-5)11-12(8,9)10;;;/h1-4H,7H2,(H2,8,9,10);;;1H2/q;2*+1;/p-2. The van der Waals surface area contributed by atoms with E-state index in [1.807, 2.05) is 0 Å². The summed E-state index contributed by atoms with van der Waals surface area (Å²) in [5.41, 5.74) is 5.78. The second kappa shape index (κ2) is 9.01. The number of nitrogen functional groups attached to an aromatic ring is 1. The van der Waals surface area contributed by atoms with Crippen LogP contribution in [0, 0.1) is 0 Å². The zero-order chi connectivity index (χ0) is 9.19. The van der Waals surface area contributed by atoms with E-state index < -0.39 is 7.82 Å². The van der Waals surface area contributed by atoms with Crippen molar-refractivity contribution in [2.75, 3.05) is 5.73 Å². The Balaban J connectivity index is -0.000000480. The van der Waals surface area contributed by atoms with E-state index in [0.717, 1.165) is 0 Å². The number of anilines is 1. The average Bonchev–Trinajstić information content (AvgIpc) is 1.91. The SMILES string of the molecule is Nc1ccc(OP(=O)([O-])[O-])cc1.O.[Na+].[Na+]. The van der Waals surface area contributed by atoms with E-state index in [1.54, 1.807) is 0 Å². The van der Waals surface area contributed by atoms with Gasteiger partial charge in [0.1, 0.15) is 13.6 Å². The summed E-state index contributed by atoms with van der Waals surface area (Å²) >= 11 is 0. The molecule has 0 spiro atoms. The van der Waals surface area contributed by atoms with E-state index in [0.29, 0.717) is 5.69 Å². The Bertz CT molecular complexity index is 314. The zero-order valence-electron chi connectivity index (χ0n) is 8.47. The van der Waals surface area contributed by atoms with Gasteiger partial charge in [-0.25, -0.2) is 0 Å². The first-order valence-electron chi connectivity index (χ1n) is 3.04. The van der Waals surface area contributed by atoms with Crippen molar-refractivity contribution in [3.63, 3.8) is 0 Å². The summed E-state index contributed by atoms with van der Waals surface area (Å²) in [6.45, 7) is 0. The first kappa shape index (κ1) is 21.2. The van der Waals surface area contributed by atoms with Crippen LogP contribution in [0.5, 0.6) is 5.75 Å². The van der Waals surface area contributed by atoms with Crippen LogP contribution in [0.3, 0.4) is 0 Å². The fourth-order valence-electron chi connectivity index (χ4n) is 0.658. The molecule has 0 atom stereocenters. The molecule has 9 heteroatoms. The van der Waals surface area contributed by atoms with Gasteiger partial charge in [-0.05, 0) is 24.3 Å². The van der Waals surface area contributed by atoms with Crippen LogP contribution in [0.25, 0.3) is 0 Å². The number of hydrogen-bond acceptors (Lipinski definition) is 5. The number of phosphoric ester groups is 1. The molecule has 0 aromatic heterocycles. The predicted octanol–water partition coefficient (Wildman–Crippen LogP) is -7.34. The minimum absolute atomic E-state index is 0. The van der Waals surface area contributed by atoms with Gasteiger partial charge in [-0.3, -0.25) is 0 Å². The third-order valence-electron chi connectivity index (χ3n) is 1.10. The van der Waals surface area contributed by atoms with Crippen molar-refractivity contribution >= 4 is 13.5 Å². The van der Waals surface area contributed by atoms with Crippen LogP contribution >= 0.6 is 7.82 Å². The first-order chi connectivity index (χ1) is 5.47. The molecular weight excluding hydrogens is 243 g/mol. The number of nitrogens with two attached hydrogens (primary N) is 1. The molecule has 1 aromatic rings. The Morgan fingerprint density at radius 3 is 1.87 bits per heavy atom. The molecular formula is C6H8NNa2O5P. The number of benzene rings is 1. The molecule has 4 N–H and O–H groups in total. The molecule has 0 aliphatic heterocycles. The maximum Gasteiger partial charge on any atom is 1.00 e. The van der Waals surface area contributed by atoms with E-state index >= 15 is 0 Å². The molecule has 0 aliphatic rings. The van der Waals surface area contributed by atoms with Crippen molar-refractivity contribution in [1.82, 2.24) is 0 Å². The van der Waals surface area contributed by atoms with Crippen LogP contribution in [0.2, 0.25) is 0 Å². The van der Waals surface area contributed by atoms with Gasteiger partial charge in [0.25, 0.3) is 0 Å². The number of phosphoric acid groups is 1. The second-order valence-corrected chi connectivity index (χ2v) is 3.18. The monoisotopic (exact) mass is 251 g/mol. The van der Waals surface area contributed by atoms with E-state index in [4.69, 9.17) is 5.73 Å².